The number of nitrogens with zero attached hydrogens (tertiary/aromatic N) is 4. The Morgan fingerprint density at radius 1 is 1.41 bits per heavy atom. The molecule has 1 atom stereocenters. The highest BCUT2D eigenvalue weighted by atomic mass is 15.5. The van der Waals surface area contributed by atoms with Crippen molar-refractivity contribution in [2.75, 3.05) is 0 Å². The van der Waals surface area contributed by atoms with Gasteiger partial charge in [0.25, 0.3) is 0 Å². The summed E-state index contributed by atoms with van der Waals surface area (Å²) in [5, 5.41) is 25.6. The standard InChI is InChI=1S/C11H12N6/c1-8(13-7-11-14-16-17-15-11)10-4-2-9(6-12)3-5-10/h2-5,8,13H,7H2,1H3,(H,14,15,16,17). The van der Waals surface area contributed by atoms with Gasteiger partial charge < -0.3 is 5.32 Å². The second-order valence-corrected chi connectivity index (χ2v) is 3.66. The third-order valence-corrected chi connectivity index (χ3v) is 2.50. The second-order valence-electron chi connectivity index (χ2n) is 3.66. The molecule has 0 radical (unpaired) electrons. The smallest absolute Gasteiger partial charge is 0.188 e. The van der Waals surface area contributed by atoms with Gasteiger partial charge in [0, 0.05) is 6.04 Å². The molecule has 2 rings (SSSR count). The first kappa shape index (κ1) is 11.2. The van der Waals surface area contributed by atoms with E-state index in [1.165, 1.54) is 0 Å². The minimum Gasteiger partial charge on any atom is -0.303 e. The van der Waals surface area contributed by atoms with Crippen LogP contribution >= 0.6 is 0 Å². The summed E-state index contributed by atoms with van der Waals surface area (Å²) in [6.45, 7) is 2.60. The summed E-state index contributed by atoms with van der Waals surface area (Å²) in [6, 6.07) is 9.75. The van der Waals surface area contributed by atoms with Gasteiger partial charge in [0.05, 0.1) is 18.2 Å². The number of tetrazole rings is 1. The molecule has 1 heterocycles. The van der Waals surface area contributed by atoms with Crippen molar-refractivity contribution in [2.45, 2.75) is 19.5 Å². The molecular weight excluding hydrogens is 216 g/mol. The molecule has 0 fully saturated rings. The zero-order valence-electron chi connectivity index (χ0n) is 9.38. The van der Waals surface area contributed by atoms with Gasteiger partial charge in [-0.05, 0) is 24.6 Å². The van der Waals surface area contributed by atoms with Crippen molar-refractivity contribution in [3.05, 3.63) is 41.2 Å². The van der Waals surface area contributed by atoms with Crippen LogP contribution in [0.1, 0.15) is 29.9 Å². The average molecular weight is 228 g/mol. The molecule has 2 aromatic rings. The molecule has 0 saturated carbocycles. The van der Waals surface area contributed by atoms with E-state index < -0.39 is 0 Å². The Balaban J connectivity index is 1.95. The fourth-order valence-electron chi connectivity index (χ4n) is 1.47. The minimum absolute atomic E-state index is 0.168. The van der Waals surface area contributed by atoms with Crippen LogP contribution in [-0.2, 0) is 6.54 Å². The maximum atomic E-state index is 8.70. The summed E-state index contributed by atoms with van der Waals surface area (Å²) in [5.41, 5.74) is 1.78. The van der Waals surface area contributed by atoms with Crippen molar-refractivity contribution in [3.8, 4) is 6.07 Å². The number of aromatic nitrogens is 4. The van der Waals surface area contributed by atoms with Gasteiger partial charge in [-0.2, -0.15) is 10.5 Å². The minimum atomic E-state index is 0.168. The molecule has 0 aliphatic heterocycles. The monoisotopic (exact) mass is 228 g/mol. The predicted octanol–water partition coefficient (Wildman–Crippen LogP) is 0.922. The first-order valence-electron chi connectivity index (χ1n) is 5.25. The molecule has 0 aliphatic rings. The molecule has 0 saturated heterocycles. The maximum absolute atomic E-state index is 8.70. The molecule has 6 heteroatoms. The number of hydrogen-bond acceptors (Lipinski definition) is 5. The zero-order chi connectivity index (χ0) is 12.1. The topological polar surface area (TPSA) is 90.3 Å². The summed E-state index contributed by atoms with van der Waals surface area (Å²) in [6.07, 6.45) is 0. The van der Waals surface area contributed by atoms with Crippen LogP contribution < -0.4 is 5.32 Å². The van der Waals surface area contributed by atoms with Gasteiger partial charge in [-0.1, -0.05) is 17.3 Å². The van der Waals surface area contributed by atoms with Crippen LogP contribution in [0.2, 0.25) is 0 Å². The largest absolute Gasteiger partial charge is 0.303 e. The molecule has 0 bridgehead atoms. The number of benzene rings is 1. The highest BCUT2D eigenvalue weighted by Crippen LogP contribution is 2.13. The van der Waals surface area contributed by atoms with Gasteiger partial charge in [0.1, 0.15) is 0 Å². The molecule has 86 valence electrons. The van der Waals surface area contributed by atoms with Crippen LogP contribution in [0.25, 0.3) is 0 Å². The van der Waals surface area contributed by atoms with Crippen molar-refractivity contribution < 1.29 is 0 Å². The summed E-state index contributed by atoms with van der Waals surface area (Å²) >= 11 is 0. The molecule has 0 amide bonds. The lowest BCUT2D eigenvalue weighted by Crippen LogP contribution is -2.18. The summed E-state index contributed by atoms with van der Waals surface area (Å²) in [5.74, 6) is 0.630. The van der Waals surface area contributed by atoms with Crippen LogP contribution in [0.3, 0.4) is 0 Å². The molecule has 0 aliphatic carbocycles. The van der Waals surface area contributed by atoms with E-state index in [1.54, 1.807) is 0 Å². The van der Waals surface area contributed by atoms with Crippen molar-refractivity contribution in [1.29, 1.82) is 5.26 Å². The molecule has 6 nitrogen and oxygen atoms in total. The number of rotatable bonds is 4. The molecule has 2 N–H and O–H groups in total. The maximum Gasteiger partial charge on any atom is 0.188 e. The van der Waals surface area contributed by atoms with Crippen LogP contribution in [0, 0.1) is 11.3 Å². The predicted molar refractivity (Wildman–Crippen MR) is 60.6 cm³/mol. The Kier molecular flexibility index (Phi) is 3.43. The molecule has 1 aromatic carbocycles. The van der Waals surface area contributed by atoms with Crippen molar-refractivity contribution in [2.24, 2.45) is 0 Å². The summed E-state index contributed by atoms with van der Waals surface area (Å²) in [7, 11) is 0. The van der Waals surface area contributed by atoms with E-state index in [-0.39, 0.29) is 6.04 Å². The quantitative estimate of drug-likeness (QED) is 0.812. The average Bonchev–Trinajstić information content (AvgIpc) is 2.89. The normalized spacial score (nSPS) is 12.0. The van der Waals surface area contributed by atoms with Crippen molar-refractivity contribution in [3.63, 3.8) is 0 Å². The Morgan fingerprint density at radius 2 is 2.18 bits per heavy atom. The van der Waals surface area contributed by atoms with E-state index in [9.17, 15) is 0 Å². The Hall–Kier alpha value is -2.26. The van der Waals surface area contributed by atoms with E-state index >= 15 is 0 Å². The van der Waals surface area contributed by atoms with E-state index in [4.69, 9.17) is 5.26 Å². The van der Waals surface area contributed by atoms with Gasteiger partial charge in [0.15, 0.2) is 5.82 Å². The fraction of sp³-hybridized carbons (Fsp3) is 0.273. The second kappa shape index (κ2) is 5.18. The molecule has 1 aromatic heterocycles. The van der Waals surface area contributed by atoms with Crippen molar-refractivity contribution in [1.82, 2.24) is 25.9 Å². The van der Waals surface area contributed by atoms with E-state index in [1.807, 2.05) is 31.2 Å². The van der Waals surface area contributed by atoms with E-state index in [0.717, 1.165) is 5.56 Å². The Labute approximate surface area is 98.7 Å². The number of nitrogens with one attached hydrogen (secondary N) is 2. The summed E-state index contributed by atoms with van der Waals surface area (Å²) in [4.78, 5) is 0. The van der Waals surface area contributed by atoms with Crippen LogP contribution in [-0.4, -0.2) is 20.6 Å². The number of nitriles is 1. The first-order valence-corrected chi connectivity index (χ1v) is 5.25. The summed E-state index contributed by atoms with van der Waals surface area (Å²) < 4.78 is 0. The third-order valence-electron chi connectivity index (χ3n) is 2.50. The lowest BCUT2D eigenvalue weighted by molar-refractivity contribution is 0.559. The number of hydrogen-bond donors (Lipinski definition) is 2. The van der Waals surface area contributed by atoms with E-state index in [0.29, 0.717) is 17.9 Å². The molecular formula is C11H12N6. The van der Waals surface area contributed by atoms with Gasteiger partial charge in [-0.15, -0.1) is 10.2 Å². The zero-order valence-corrected chi connectivity index (χ0v) is 9.38. The molecule has 1 unspecified atom stereocenters. The number of H-pyrrole nitrogens is 1. The Morgan fingerprint density at radius 3 is 2.76 bits per heavy atom. The van der Waals surface area contributed by atoms with Crippen LogP contribution in [0.15, 0.2) is 24.3 Å². The van der Waals surface area contributed by atoms with Gasteiger partial charge in [-0.3, -0.25) is 0 Å². The van der Waals surface area contributed by atoms with Crippen LogP contribution in [0.4, 0.5) is 0 Å². The third kappa shape index (κ3) is 2.86. The fourth-order valence-corrected chi connectivity index (χ4v) is 1.47. The lowest BCUT2D eigenvalue weighted by atomic mass is 10.1. The molecule has 0 spiro atoms. The van der Waals surface area contributed by atoms with Gasteiger partial charge in [0.2, 0.25) is 0 Å². The lowest BCUT2D eigenvalue weighted by Gasteiger charge is -2.12. The van der Waals surface area contributed by atoms with Crippen LogP contribution in [0.5, 0.6) is 0 Å². The highest BCUT2D eigenvalue weighted by molar-refractivity contribution is 5.32. The highest BCUT2D eigenvalue weighted by Gasteiger charge is 2.06. The van der Waals surface area contributed by atoms with Gasteiger partial charge in [-0.25, -0.2) is 0 Å². The first-order chi connectivity index (χ1) is 8.29. The van der Waals surface area contributed by atoms with Crippen molar-refractivity contribution >= 4 is 0 Å². The number of aromatic amines is 1. The van der Waals surface area contributed by atoms with Gasteiger partial charge >= 0.3 is 0 Å². The molecule has 17 heavy (non-hydrogen) atoms. The van der Waals surface area contributed by atoms with E-state index in [2.05, 4.69) is 32.0 Å². The Bertz CT molecular complexity index is 496. The SMILES string of the molecule is CC(NCc1nn[nH]n1)c1ccc(C#N)cc1.